The maximum absolute atomic E-state index is 11.9. The van der Waals surface area contributed by atoms with Crippen molar-refractivity contribution in [1.82, 2.24) is 20.2 Å². The van der Waals surface area contributed by atoms with Gasteiger partial charge in [-0.3, -0.25) is 0 Å². The van der Waals surface area contributed by atoms with E-state index in [2.05, 4.69) is 20.2 Å². The van der Waals surface area contributed by atoms with E-state index in [1.54, 1.807) is 13.0 Å². The van der Waals surface area contributed by atoms with Gasteiger partial charge in [0.15, 0.2) is 5.03 Å². The van der Waals surface area contributed by atoms with Gasteiger partial charge in [0.05, 0.1) is 5.69 Å². The Kier molecular flexibility index (Phi) is 4.81. The van der Waals surface area contributed by atoms with E-state index < -0.39 is 10.0 Å². The van der Waals surface area contributed by atoms with Gasteiger partial charge < -0.3 is 5.32 Å². The maximum Gasteiger partial charge on any atom is 0.260 e. The molecule has 2 heterocycles. The lowest BCUT2D eigenvalue weighted by molar-refractivity contribution is 0.554. The summed E-state index contributed by atoms with van der Waals surface area (Å²) in [6.07, 6.45) is 0.804. The van der Waals surface area contributed by atoms with E-state index in [1.165, 1.54) is 6.07 Å². The Morgan fingerprint density at radius 3 is 2.71 bits per heavy atom. The highest BCUT2D eigenvalue weighted by atomic mass is 35.5. The minimum atomic E-state index is -3.52. The highest BCUT2D eigenvalue weighted by molar-refractivity contribution is 7.89. The lowest BCUT2D eigenvalue weighted by Crippen LogP contribution is -2.36. The van der Waals surface area contributed by atoms with Crippen molar-refractivity contribution in [3.63, 3.8) is 0 Å². The van der Waals surface area contributed by atoms with E-state index in [4.69, 9.17) is 0 Å². The number of nitrogens with one attached hydrogen (secondary N) is 2. The van der Waals surface area contributed by atoms with Crippen LogP contribution in [-0.2, 0) is 10.0 Å². The van der Waals surface area contributed by atoms with Gasteiger partial charge in [-0.1, -0.05) is 0 Å². The second-order valence-corrected chi connectivity index (χ2v) is 5.48. The molecule has 17 heavy (non-hydrogen) atoms. The maximum atomic E-state index is 11.9. The molecule has 1 aromatic rings. The molecule has 1 atom stereocenters. The van der Waals surface area contributed by atoms with Crippen LogP contribution in [0.25, 0.3) is 0 Å². The van der Waals surface area contributed by atoms with Crippen LogP contribution >= 0.6 is 12.4 Å². The topological polar surface area (TPSA) is 84.0 Å². The molecular formula is C9H15ClN4O2S. The number of hydrogen-bond acceptors (Lipinski definition) is 5. The third kappa shape index (κ3) is 3.60. The highest BCUT2D eigenvalue weighted by Crippen LogP contribution is 2.07. The molecule has 0 unspecified atom stereocenters. The molecule has 0 aliphatic carbocycles. The van der Waals surface area contributed by atoms with Gasteiger partial charge in [-0.25, -0.2) is 13.1 Å². The van der Waals surface area contributed by atoms with Crippen molar-refractivity contribution >= 4 is 22.4 Å². The lowest BCUT2D eigenvalue weighted by Gasteiger charge is -2.10. The van der Waals surface area contributed by atoms with Crippen LogP contribution in [0.3, 0.4) is 0 Å². The van der Waals surface area contributed by atoms with Crippen molar-refractivity contribution in [2.24, 2.45) is 0 Å². The summed E-state index contributed by atoms with van der Waals surface area (Å²) in [5.74, 6) is 0. The third-order valence-electron chi connectivity index (χ3n) is 2.43. The van der Waals surface area contributed by atoms with Crippen LogP contribution in [0, 0.1) is 6.92 Å². The van der Waals surface area contributed by atoms with Crippen LogP contribution in [0.1, 0.15) is 12.1 Å². The Balaban J connectivity index is 0.00000144. The average Bonchev–Trinajstić information content (AvgIpc) is 2.70. The predicted octanol–water partition coefficient (Wildman–Crippen LogP) is -0.153. The molecule has 1 saturated heterocycles. The third-order valence-corrected chi connectivity index (χ3v) is 3.84. The smallest absolute Gasteiger partial charge is 0.260 e. The van der Waals surface area contributed by atoms with Gasteiger partial charge in [0.1, 0.15) is 0 Å². The van der Waals surface area contributed by atoms with E-state index in [-0.39, 0.29) is 23.5 Å². The van der Waals surface area contributed by atoms with Crippen LogP contribution in [-0.4, -0.2) is 37.7 Å². The van der Waals surface area contributed by atoms with Crippen LogP contribution in [0.5, 0.6) is 0 Å². The van der Waals surface area contributed by atoms with E-state index >= 15 is 0 Å². The number of hydrogen-bond donors (Lipinski definition) is 2. The molecule has 6 nitrogen and oxygen atoms in total. The van der Waals surface area contributed by atoms with Crippen molar-refractivity contribution in [3.05, 3.63) is 17.8 Å². The zero-order chi connectivity index (χ0) is 11.6. The fraction of sp³-hybridized carbons (Fsp3) is 0.556. The molecule has 1 aliphatic heterocycles. The molecule has 0 amide bonds. The molecule has 0 bridgehead atoms. The van der Waals surface area contributed by atoms with E-state index in [0.717, 1.165) is 13.0 Å². The molecule has 1 aromatic heterocycles. The van der Waals surface area contributed by atoms with Crippen molar-refractivity contribution < 1.29 is 8.42 Å². The minimum Gasteiger partial charge on any atom is -0.315 e. The molecule has 2 N–H and O–H groups in total. The lowest BCUT2D eigenvalue weighted by atomic mass is 10.3. The first-order valence-electron chi connectivity index (χ1n) is 5.11. The van der Waals surface area contributed by atoms with Crippen LogP contribution < -0.4 is 10.0 Å². The number of nitrogens with zero attached hydrogens (tertiary/aromatic N) is 2. The van der Waals surface area contributed by atoms with Crippen LogP contribution in [0.15, 0.2) is 17.2 Å². The molecule has 0 aromatic carbocycles. The zero-order valence-electron chi connectivity index (χ0n) is 9.38. The van der Waals surface area contributed by atoms with Crippen molar-refractivity contribution in [2.75, 3.05) is 13.1 Å². The average molecular weight is 279 g/mol. The summed E-state index contributed by atoms with van der Waals surface area (Å²) in [4.78, 5) is 0. The van der Waals surface area contributed by atoms with E-state index in [1.807, 2.05) is 0 Å². The summed E-state index contributed by atoms with van der Waals surface area (Å²) in [5, 5.41) is 10.5. The zero-order valence-corrected chi connectivity index (χ0v) is 11.0. The molecule has 2 rings (SSSR count). The Bertz CT molecular complexity index is 456. The van der Waals surface area contributed by atoms with E-state index in [9.17, 15) is 8.42 Å². The summed E-state index contributed by atoms with van der Waals surface area (Å²) in [6, 6.07) is 3.05. The first kappa shape index (κ1) is 14.3. The number of aromatic nitrogens is 2. The molecule has 8 heteroatoms. The van der Waals surface area contributed by atoms with Crippen LogP contribution in [0.4, 0.5) is 0 Å². The number of sulfonamides is 1. The molecule has 1 aliphatic rings. The summed E-state index contributed by atoms with van der Waals surface area (Å²) in [6.45, 7) is 3.27. The number of halogens is 1. The Morgan fingerprint density at radius 2 is 2.18 bits per heavy atom. The van der Waals surface area contributed by atoms with E-state index in [0.29, 0.717) is 12.2 Å². The molecule has 0 spiro atoms. The van der Waals surface area contributed by atoms with Gasteiger partial charge in [0, 0.05) is 12.6 Å². The van der Waals surface area contributed by atoms with Crippen molar-refractivity contribution in [3.8, 4) is 0 Å². The second-order valence-electron chi connectivity index (χ2n) is 3.82. The van der Waals surface area contributed by atoms with Gasteiger partial charge in [-0.15, -0.1) is 17.5 Å². The summed E-state index contributed by atoms with van der Waals surface area (Å²) in [5.41, 5.74) is 0.696. The summed E-state index contributed by atoms with van der Waals surface area (Å²) >= 11 is 0. The van der Waals surface area contributed by atoms with Crippen LogP contribution in [0.2, 0.25) is 0 Å². The van der Waals surface area contributed by atoms with Gasteiger partial charge in [0.25, 0.3) is 10.0 Å². The first-order chi connectivity index (χ1) is 7.58. The summed E-state index contributed by atoms with van der Waals surface area (Å²) < 4.78 is 26.3. The quantitative estimate of drug-likeness (QED) is 0.803. The Labute approximate surface area is 107 Å². The molecule has 96 valence electrons. The normalized spacial score (nSPS) is 19.9. The monoisotopic (exact) mass is 278 g/mol. The molecular weight excluding hydrogens is 264 g/mol. The standard InChI is InChI=1S/C9H14N4O2S.ClH/c1-7-2-3-9(12-11-7)16(14,15)13-8-4-5-10-6-8;/h2-3,8,10,13H,4-6H2,1H3;1H/t8-;/m0./s1. The fourth-order valence-electron chi connectivity index (χ4n) is 1.57. The van der Waals surface area contributed by atoms with Gasteiger partial charge in [-0.05, 0) is 32.0 Å². The van der Waals surface area contributed by atoms with Crippen molar-refractivity contribution in [1.29, 1.82) is 0 Å². The predicted molar refractivity (Wildman–Crippen MR) is 65.6 cm³/mol. The number of aryl methyl sites for hydroxylation is 1. The van der Waals surface area contributed by atoms with Gasteiger partial charge in [0.2, 0.25) is 0 Å². The Morgan fingerprint density at radius 1 is 1.41 bits per heavy atom. The number of rotatable bonds is 3. The highest BCUT2D eigenvalue weighted by Gasteiger charge is 2.23. The molecule has 0 radical (unpaired) electrons. The SMILES string of the molecule is Cc1ccc(S(=O)(=O)N[C@H]2CCNC2)nn1.Cl. The van der Waals surface area contributed by atoms with Crippen molar-refractivity contribution in [2.45, 2.75) is 24.4 Å². The summed E-state index contributed by atoms with van der Waals surface area (Å²) in [7, 11) is -3.52. The largest absolute Gasteiger partial charge is 0.315 e. The van der Waals surface area contributed by atoms with Gasteiger partial charge >= 0.3 is 0 Å². The molecule has 1 fully saturated rings. The fourth-order valence-corrected chi connectivity index (χ4v) is 2.72. The first-order valence-corrected chi connectivity index (χ1v) is 6.59. The second kappa shape index (κ2) is 5.72. The molecule has 0 saturated carbocycles. The van der Waals surface area contributed by atoms with Gasteiger partial charge in [-0.2, -0.15) is 5.10 Å². The Hall–Kier alpha value is -0.760. The minimum absolute atomic E-state index is 0.